The third kappa shape index (κ3) is 2.02. The van der Waals surface area contributed by atoms with Crippen molar-refractivity contribution in [1.82, 2.24) is 9.38 Å². The minimum absolute atomic E-state index is 0.313. The Morgan fingerprint density at radius 1 is 1.53 bits per heavy atom. The van der Waals surface area contributed by atoms with E-state index >= 15 is 0 Å². The van der Waals surface area contributed by atoms with Gasteiger partial charge in [-0.05, 0) is 20.8 Å². The first kappa shape index (κ1) is 10.2. The van der Waals surface area contributed by atoms with E-state index in [2.05, 4.69) is 4.98 Å². The molecule has 15 heavy (non-hydrogen) atoms. The molecule has 2 heterocycles. The van der Waals surface area contributed by atoms with Crippen molar-refractivity contribution in [1.29, 1.82) is 0 Å². The lowest BCUT2D eigenvalue weighted by Crippen LogP contribution is -2.24. The Kier molecular flexibility index (Phi) is 2.26. The summed E-state index contributed by atoms with van der Waals surface area (Å²) in [5, 5.41) is 1.76. The Bertz CT molecular complexity index is 493. The predicted molar refractivity (Wildman–Crippen MR) is 58.2 cm³/mol. The number of carbonyl (C=O) groups excluding carboxylic acids is 1. The summed E-state index contributed by atoms with van der Waals surface area (Å²) in [4.78, 5) is 16.7. The van der Waals surface area contributed by atoms with Crippen LogP contribution in [0.25, 0.3) is 4.96 Å². The van der Waals surface area contributed by atoms with Gasteiger partial charge in [-0.3, -0.25) is 4.40 Å². The molecule has 2 aromatic rings. The van der Waals surface area contributed by atoms with Gasteiger partial charge in [0, 0.05) is 17.8 Å². The Balaban J connectivity index is 2.32. The summed E-state index contributed by atoms with van der Waals surface area (Å²) in [6.45, 7) is 5.55. The number of imidazole rings is 1. The summed E-state index contributed by atoms with van der Waals surface area (Å²) in [5.74, 6) is -0.313. The van der Waals surface area contributed by atoms with E-state index in [9.17, 15) is 4.79 Å². The quantitative estimate of drug-likeness (QED) is 0.698. The van der Waals surface area contributed by atoms with Gasteiger partial charge in [-0.25, -0.2) is 9.78 Å². The third-order valence-corrected chi connectivity index (χ3v) is 2.60. The van der Waals surface area contributed by atoms with Gasteiger partial charge < -0.3 is 4.74 Å². The molecule has 2 rings (SSSR count). The lowest BCUT2D eigenvalue weighted by molar-refractivity contribution is 0.00620. The van der Waals surface area contributed by atoms with Gasteiger partial charge in [-0.15, -0.1) is 11.3 Å². The minimum Gasteiger partial charge on any atom is -0.455 e. The second kappa shape index (κ2) is 3.34. The Morgan fingerprint density at radius 2 is 2.27 bits per heavy atom. The first-order valence-corrected chi connectivity index (χ1v) is 5.49. The van der Waals surface area contributed by atoms with Gasteiger partial charge in [0.1, 0.15) is 11.3 Å². The molecular weight excluding hydrogens is 212 g/mol. The van der Waals surface area contributed by atoms with Gasteiger partial charge in [0.25, 0.3) is 0 Å². The number of ether oxygens (including phenoxy) is 1. The number of nitrogens with zero attached hydrogens (tertiary/aromatic N) is 2. The molecule has 0 bridgehead atoms. The van der Waals surface area contributed by atoms with Crippen molar-refractivity contribution in [3.63, 3.8) is 0 Å². The molecule has 0 saturated heterocycles. The molecule has 0 N–H and O–H groups in total. The Labute approximate surface area is 91.5 Å². The number of carbonyl (C=O) groups is 1. The highest BCUT2D eigenvalue weighted by molar-refractivity contribution is 7.15. The van der Waals surface area contributed by atoms with Crippen molar-refractivity contribution in [3.8, 4) is 0 Å². The molecule has 0 fully saturated rings. The van der Waals surface area contributed by atoms with Gasteiger partial charge in [-0.2, -0.15) is 0 Å². The fraction of sp³-hybridized carbons (Fsp3) is 0.400. The van der Waals surface area contributed by atoms with Crippen LogP contribution in [0.2, 0.25) is 0 Å². The van der Waals surface area contributed by atoms with Crippen LogP contribution in [0.4, 0.5) is 0 Å². The van der Waals surface area contributed by atoms with Crippen LogP contribution in [0, 0.1) is 0 Å². The maximum absolute atomic E-state index is 11.8. The van der Waals surface area contributed by atoms with Gasteiger partial charge >= 0.3 is 5.97 Å². The summed E-state index contributed by atoms with van der Waals surface area (Å²) in [7, 11) is 0. The van der Waals surface area contributed by atoms with E-state index in [0.717, 1.165) is 4.96 Å². The number of fused-ring (bicyclic) bond motifs is 1. The summed E-state index contributed by atoms with van der Waals surface area (Å²) in [5.41, 5.74) is 0.0637. The van der Waals surface area contributed by atoms with Crippen LogP contribution in [0.15, 0.2) is 17.8 Å². The van der Waals surface area contributed by atoms with E-state index in [1.165, 1.54) is 11.3 Å². The molecule has 0 aromatic carbocycles. The van der Waals surface area contributed by atoms with Gasteiger partial charge in [0.2, 0.25) is 0 Å². The van der Waals surface area contributed by atoms with Crippen LogP contribution in [0.3, 0.4) is 0 Å². The number of esters is 1. The highest BCUT2D eigenvalue weighted by Gasteiger charge is 2.20. The van der Waals surface area contributed by atoms with Crippen molar-refractivity contribution in [2.75, 3.05) is 0 Å². The van der Waals surface area contributed by atoms with Gasteiger partial charge in [0.05, 0.1) is 0 Å². The zero-order chi connectivity index (χ0) is 11.1. The van der Waals surface area contributed by atoms with E-state index in [-0.39, 0.29) is 5.97 Å². The second-order valence-corrected chi connectivity index (χ2v) is 5.04. The molecule has 0 atom stereocenters. The summed E-state index contributed by atoms with van der Waals surface area (Å²) >= 11 is 1.43. The highest BCUT2D eigenvalue weighted by Crippen LogP contribution is 2.18. The molecule has 0 radical (unpaired) electrons. The lowest BCUT2D eigenvalue weighted by atomic mass is 10.2. The van der Waals surface area contributed by atoms with E-state index in [4.69, 9.17) is 4.74 Å². The number of hydrogen-bond acceptors (Lipinski definition) is 4. The normalized spacial score (nSPS) is 11.9. The monoisotopic (exact) mass is 224 g/mol. The van der Waals surface area contributed by atoms with Crippen molar-refractivity contribution < 1.29 is 9.53 Å². The van der Waals surface area contributed by atoms with E-state index in [0.29, 0.717) is 5.69 Å². The summed E-state index contributed by atoms with van der Waals surface area (Å²) < 4.78 is 7.01. The fourth-order valence-electron chi connectivity index (χ4n) is 1.20. The highest BCUT2D eigenvalue weighted by atomic mass is 32.1. The predicted octanol–water partition coefficient (Wildman–Crippen LogP) is 2.35. The van der Waals surface area contributed by atoms with Crippen LogP contribution in [-0.4, -0.2) is 21.0 Å². The molecule has 0 amide bonds. The molecule has 0 spiro atoms. The molecule has 0 aliphatic rings. The van der Waals surface area contributed by atoms with Crippen LogP contribution >= 0.6 is 11.3 Å². The van der Waals surface area contributed by atoms with E-state index in [1.54, 1.807) is 22.2 Å². The zero-order valence-electron chi connectivity index (χ0n) is 8.85. The minimum atomic E-state index is -0.466. The smallest absolute Gasteiger partial charge is 0.356 e. The molecule has 0 aliphatic carbocycles. The number of rotatable bonds is 1. The fourth-order valence-corrected chi connectivity index (χ4v) is 2.02. The number of hydrogen-bond donors (Lipinski definition) is 0. The standard InChI is InChI=1S/C10H12N2O2S/c1-10(2,3)14-8(13)7-6-15-9-11-4-5-12(7)9/h4-6H,1-3H3. The first-order chi connectivity index (χ1) is 6.97. The maximum Gasteiger partial charge on any atom is 0.356 e. The summed E-state index contributed by atoms with van der Waals surface area (Å²) in [6, 6.07) is 0. The maximum atomic E-state index is 11.8. The molecule has 4 nitrogen and oxygen atoms in total. The SMILES string of the molecule is CC(C)(C)OC(=O)c1csc2nccn12. The molecular formula is C10H12N2O2S. The molecule has 80 valence electrons. The Morgan fingerprint density at radius 3 is 2.93 bits per heavy atom. The Hall–Kier alpha value is -1.36. The van der Waals surface area contributed by atoms with Crippen LogP contribution in [-0.2, 0) is 4.74 Å². The number of aromatic nitrogens is 2. The molecule has 0 aliphatic heterocycles. The van der Waals surface area contributed by atoms with E-state index in [1.807, 2.05) is 20.8 Å². The van der Waals surface area contributed by atoms with Gasteiger partial charge in [0.15, 0.2) is 4.96 Å². The third-order valence-electron chi connectivity index (χ3n) is 1.75. The molecule has 0 saturated carbocycles. The molecule has 2 aromatic heterocycles. The van der Waals surface area contributed by atoms with Crippen LogP contribution in [0.5, 0.6) is 0 Å². The zero-order valence-corrected chi connectivity index (χ0v) is 9.67. The average molecular weight is 224 g/mol. The average Bonchev–Trinajstić information content (AvgIpc) is 2.57. The lowest BCUT2D eigenvalue weighted by Gasteiger charge is -2.18. The van der Waals surface area contributed by atoms with Crippen molar-refractivity contribution >= 4 is 22.3 Å². The molecule has 5 heteroatoms. The van der Waals surface area contributed by atoms with Gasteiger partial charge in [-0.1, -0.05) is 0 Å². The van der Waals surface area contributed by atoms with Crippen molar-refractivity contribution in [2.24, 2.45) is 0 Å². The topological polar surface area (TPSA) is 43.6 Å². The van der Waals surface area contributed by atoms with Crippen molar-refractivity contribution in [3.05, 3.63) is 23.5 Å². The van der Waals surface area contributed by atoms with Crippen LogP contribution in [0.1, 0.15) is 31.3 Å². The van der Waals surface area contributed by atoms with Crippen molar-refractivity contribution in [2.45, 2.75) is 26.4 Å². The summed E-state index contributed by atoms with van der Waals surface area (Å²) in [6.07, 6.45) is 3.42. The van der Waals surface area contributed by atoms with Crippen LogP contribution < -0.4 is 0 Å². The number of thiazole rings is 1. The second-order valence-electron chi connectivity index (χ2n) is 4.20. The van der Waals surface area contributed by atoms with E-state index < -0.39 is 5.60 Å². The molecule has 0 unspecified atom stereocenters. The largest absolute Gasteiger partial charge is 0.455 e. The first-order valence-electron chi connectivity index (χ1n) is 4.61.